The van der Waals surface area contributed by atoms with Gasteiger partial charge in [0, 0.05) is 34.2 Å². The molecule has 1 aromatic heterocycles. The molecular formula is C19H16N2O5. The van der Waals surface area contributed by atoms with Crippen LogP contribution in [0.25, 0.3) is 22.0 Å². The quantitative estimate of drug-likeness (QED) is 0.322. The van der Waals surface area contributed by atoms with Crippen LogP contribution in [-0.2, 0) is 4.74 Å². The first-order chi connectivity index (χ1) is 12.4. The number of nitro benzene ring substituents is 1. The van der Waals surface area contributed by atoms with E-state index in [9.17, 15) is 19.7 Å². The van der Waals surface area contributed by atoms with Gasteiger partial charge in [0.1, 0.15) is 5.69 Å². The third kappa shape index (κ3) is 3.06. The number of Topliss-reactive ketones (excluding diaryl/α,β-unsaturated/α-hetero) is 1. The summed E-state index contributed by atoms with van der Waals surface area (Å²) in [7, 11) is 0. The predicted octanol–water partition coefficient (Wildman–Crippen LogP) is 4.12. The lowest BCUT2D eigenvalue weighted by molar-refractivity contribution is -0.384. The number of carbonyl (C=O) groups is 2. The fraction of sp³-hybridized carbons (Fsp3) is 0.158. The summed E-state index contributed by atoms with van der Waals surface area (Å²) in [6.07, 6.45) is 0. The van der Waals surface area contributed by atoms with Crippen molar-refractivity contribution in [1.29, 1.82) is 0 Å². The lowest BCUT2D eigenvalue weighted by Gasteiger charge is -2.05. The zero-order valence-electron chi connectivity index (χ0n) is 14.2. The first kappa shape index (κ1) is 17.3. The first-order valence-electron chi connectivity index (χ1n) is 8.01. The number of hydrogen-bond acceptors (Lipinski definition) is 5. The molecule has 0 amide bonds. The van der Waals surface area contributed by atoms with Crippen molar-refractivity contribution in [2.75, 3.05) is 6.61 Å². The molecule has 1 heterocycles. The van der Waals surface area contributed by atoms with Crippen molar-refractivity contribution in [2.45, 2.75) is 13.8 Å². The molecule has 0 saturated heterocycles. The molecule has 0 aliphatic heterocycles. The van der Waals surface area contributed by atoms with Crippen LogP contribution >= 0.6 is 0 Å². The number of nitrogens with zero attached hydrogens (tertiary/aromatic N) is 1. The number of hydrogen-bond donors (Lipinski definition) is 1. The van der Waals surface area contributed by atoms with E-state index < -0.39 is 10.9 Å². The number of esters is 1. The van der Waals surface area contributed by atoms with Crippen LogP contribution in [0.2, 0.25) is 0 Å². The molecule has 0 spiro atoms. The molecular weight excluding hydrogens is 336 g/mol. The number of fused-ring (bicyclic) bond motifs is 1. The van der Waals surface area contributed by atoms with Gasteiger partial charge in [0.15, 0.2) is 5.78 Å². The van der Waals surface area contributed by atoms with Gasteiger partial charge in [-0.25, -0.2) is 4.79 Å². The normalized spacial score (nSPS) is 10.7. The highest BCUT2D eigenvalue weighted by molar-refractivity contribution is 6.10. The Bertz CT molecular complexity index is 1020. The summed E-state index contributed by atoms with van der Waals surface area (Å²) in [4.78, 5) is 37.5. The van der Waals surface area contributed by atoms with E-state index in [0.29, 0.717) is 27.6 Å². The Hall–Kier alpha value is -3.48. The van der Waals surface area contributed by atoms with E-state index in [1.807, 2.05) is 0 Å². The Balaban J connectivity index is 2.26. The van der Waals surface area contributed by atoms with E-state index in [1.165, 1.54) is 19.1 Å². The van der Waals surface area contributed by atoms with Gasteiger partial charge in [-0.3, -0.25) is 14.9 Å². The average Bonchev–Trinajstić information content (AvgIpc) is 3.00. The SMILES string of the molecule is CCOC(=O)c1[nH]c2ccc(C(C)=O)cc2c1-c1ccc([N+](=O)[O-])cc1. The van der Waals surface area contributed by atoms with Crippen LogP contribution in [0.15, 0.2) is 42.5 Å². The molecule has 26 heavy (non-hydrogen) atoms. The standard InChI is InChI=1S/C19H16N2O5/c1-3-26-19(23)18-17(12-4-7-14(8-5-12)21(24)25)15-10-13(11(2)22)6-9-16(15)20-18/h4-10,20H,3H2,1-2H3. The Morgan fingerprint density at radius 1 is 1.15 bits per heavy atom. The molecule has 0 aliphatic carbocycles. The number of aromatic amines is 1. The number of H-pyrrole nitrogens is 1. The number of non-ortho nitro benzene ring substituents is 1. The van der Waals surface area contributed by atoms with Gasteiger partial charge in [-0.15, -0.1) is 0 Å². The first-order valence-corrected chi connectivity index (χ1v) is 8.01. The van der Waals surface area contributed by atoms with Crippen molar-refractivity contribution >= 4 is 28.3 Å². The van der Waals surface area contributed by atoms with Crippen LogP contribution in [-0.4, -0.2) is 28.3 Å². The molecule has 0 radical (unpaired) electrons. The molecule has 132 valence electrons. The van der Waals surface area contributed by atoms with Gasteiger partial charge in [-0.2, -0.15) is 0 Å². The van der Waals surface area contributed by atoms with Gasteiger partial charge in [-0.1, -0.05) is 0 Å². The molecule has 0 atom stereocenters. The average molecular weight is 352 g/mol. The Kier molecular flexibility index (Phi) is 4.53. The molecule has 7 heteroatoms. The molecule has 2 aromatic carbocycles. The van der Waals surface area contributed by atoms with Gasteiger partial charge in [0.2, 0.25) is 0 Å². The van der Waals surface area contributed by atoms with Gasteiger partial charge in [-0.05, 0) is 49.7 Å². The highest BCUT2D eigenvalue weighted by Gasteiger charge is 2.21. The lowest BCUT2D eigenvalue weighted by Crippen LogP contribution is -2.06. The van der Waals surface area contributed by atoms with Crippen LogP contribution in [0, 0.1) is 10.1 Å². The maximum absolute atomic E-state index is 12.4. The molecule has 3 rings (SSSR count). The summed E-state index contributed by atoms with van der Waals surface area (Å²) in [6.45, 7) is 3.39. The smallest absolute Gasteiger partial charge is 0.355 e. The van der Waals surface area contributed by atoms with Crippen molar-refractivity contribution in [3.8, 4) is 11.1 Å². The second-order valence-corrected chi connectivity index (χ2v) is 5.72. The van der Waals surface area contributed by atoms with Gasteiger partial charge >= 0.3 is 5.97 Å². The maximum atomic E-state index is 12.4. The van der Waals surface area contributed by atoms with E-state index in [0.717, 1.165) is 0 Å². The Labute approximate surface area is 148 Å². The fourth-order valence-corrected chi connectivity index (χ4v) is 2.82. The summed E-state index contributed by atoms with van der Waals surface area (Å²) in [5, 5.41) is 11.6. The van der Waals surface area contributed by atoms with E-state index in [1.54, 1.807) is 37.3 Å². The molecule has 0 unspecified atom stereocenters. The Morgan fingerprint density at radius 2 is 1.85 bits per heavy atom. The second kappa shape index (κ2) is 6.79. The molecule has 3 aromatic rings. The van der Waals surface area contributed by atoms with Crippen LogP contribution in [0.3, 0.4) is 0 Å². The number of ketones is 1. The van der Waals surface area contributed by atoms with Crippen LogP contribution < -0.4 is 0 Å². The minimum atomic E-state index is -0.526. The van der Waals surface area contributed by atoms with Crippen molar-refractivity contribution in [2.24, 2.45) is 0 Å². The van der Waals surface area contributed by atoms with Crippen molar-refractivity contribution in [1.82, 2.24) is 4.98 Å². The second-order valence-electron chi connectivity index (χ2n) is 5.72. The molecule has 0 bridgehead atoms. The van der Waals surface area contributed by atoms with Crippen molar-refractivity contribution in [3.63, 3.8) is 0 Å². The zero-order valence-corrected chi connectivity index (χ0v) is 14.2. The summed E-state index contributed by atoms with van der Waals surface area (Å²) >= 11 is 0. The minimum Gasteiger partial charge on any atom is -0.461 e. The third-order valence-electron chi connectivity index (χ3n) is 4.05. The topological polar surface area (TPSA) is 102 Å². The summed E-state index contributed by atoms with van der Waals surface area (Å²) < 4.78 is 5.11. The predicted molar refractivity (Wildman–Crippen MR) is 96.4 cm³/mol. The van der Waals surface area contributed by atoms with E-state index in [4.69, 9.17) is 4.74 Å². The monoisotopic (exact) mass is 352 g/mol. The largest absolute Gasteiger partial charge is 0.461 e. The zero-order chi connectivity index (χ0) is 18.8. The molecule has 7 nitrogen and oxygen atoms in total. The lowest BCUT2D eigenvalue weighted by atomic mass is 9.99. The van der Waals surface area contributed by atoms with E-state index >= 15 is 0 Å². The maximum Gasteiger partial charge on any atom is 0.355 e. The molecule has 1 N–H and O–H groups in total. The highest BCUT2D eigenvalue weighted by atomic mass is 16.6. The number of aromatic nitrogens is 1. The highest BCUT2D eigenvalue weighted by Crippen LogP contribution is 2.34. The number of nitro groups is 1. The fourth-order valence-electron chi connectivity index (χ4n) is 2.82. The summed E-state index contributed by atoms with van der Waals surface area (Å²) in [5.41, 5.74) is 2.55. The molecule has 0 aliphatic rings. The minimum absolute atomic E-state index is 0.0456. The van der Waals surface area contributed by atoms with E-state index in [-0.39, 0.29) is 23.8 Å². The van der Waals surface area contributed by atoms with Gasteiger partial charge in [0.05, 0.1) is 11.5 Å². The summed E-state index contributed by atoms with van der Waals surface area (Å²) in [6, 6.07) is 11.0. The van der Waals surface area contributed by atoms with E-state index in [2.05, 4.69) is 4.98 Å². The third-order valence-corrected chi connectivity index (χ3v) is 4.05. The Morgan fingerprint density at radius 3 is 2.42 bits per heavy atom. The van der Waals surface area contributed by atoms with Gasteiger partial charge in [0.25, 0.3) is 5.69 Å². The number of benzene rings is 2. The number of carbonyl (C=O) groups excluding carboxylic acids is 2. The van der Waals surface area contributed by atoms with Crippen molar-refractivity contribution in [3.05, 3.63) is 63.8 Å². The van der Waals surface area contributed by atoms with Crippen molar-refractivity contribution < 1.29 is 19.2 Å². The molecule has 0 fully saturated rings. The number of rotatable bonds is 5. The van der Waals surface area contributed by atoms with Gasteiger partial charge < -0.3 is 9.72 Å². The van der Waals surface area contributed by atoms with Crippen LogP contribution in [0.4, 0.5) is 5.69 Å². The number of nitrogens with one attached hydrogen (secondary N) is 1. The van der Waals surface area contributed by atoms with Crippen LogP contribution in [0.1, 0.15) is 34.7 Å². The summed E-state index contributed by atoms with van der Waals surface area (Å²) in [5.74, 6) is -0.623. The van der Waals surface area contributed by atoms with Crippen LogP contribution in [0.5, 0.6) is 0 Å². The number of ether oxygens (including phenoxy) is 1. The molecule has 0 saturated carbocycles.